The van der Waals surface area contributed by atoms with E-state index in [0.717, 1.165) is 16.8 Å². The normalized spacial score (nSPS) is 18.1. The van der Waals surface area contributed by atoms with Crippen LogP contribution in [0, 0.1) is 25.7 Å². The van der Waals surface area contributed by atoms with Gasteiger partial charge in [-0.05, 0) is 62.6 Å². The van der Waals surface area contributed by atoms with Gasteiger partial charge < -0.3 is 15.7 Å². The van der Waals surface area contributed by atoms with Crippen molar-refractivity contribution in [2.45, 2.75) is 26.7 Å². The average molecular weight is 392 g/mol. The highest BCUT2D eigenvalue weighted by Gasteiger charge is 2.34. The van der Waals surface area contributed by atoms with Crippen LogP contribution in [0.15, 0.2) is 54.6 Å². The van der Waals surface area contributed by atoms with E-state index < -0.39 is 17.8 Å². The van der Waals surface area contributed by atoms with E-state index in [1.807, 2.05) is 44.2 Å². The lowest BCUT2D eigenvalue weighted by Crippen LogP contribution is -2.37. The molecule has 0 bridgehead atoms. The molecular formula is C23H24N2O4. The van der Waals surface area contributed by atoms with Crippen LogP contribution in [-0.2, 0) is 9.59 Å². The number of carbonyl (C=O) groups is 3. The highest BCUT2D eigenvalue weighted by molar-refractivity contribution is 6.00. The molecule has 0 saturated heterocycles. The van der Waals surface area contributed by atoms with Gasteiger partial charge >= 0.3 is 5.97 Å². The summed E-state index contributed by atoms with van der Waals surface area (Å²) in [5.41, 5.74) is 3.49. The van der Waals surface area contributed by atoms with E-state index in [4.69, 9.17) is 5.11 Å². The van der Waals surface area contributed by atoms with Crippen LogP contribution in [0.4, 0.5) is 11.4 Å². The van der Waals surface area contributed by atoms with Crippen molar-refractivity contribution in [3.63, 3.8) is 0 Å². The number of anilines is 2. The predicted molar refractivity (Wildman–Crippen MR) is 112 cm³/mol. The van der Waals surface area contributed by atoms with E-state index in [2.05, 4.69) is 10.6 Å². The summed E-state index contributed by atoms with van der Waals surface area (Å²) in [6, 6.07) is 11.8. The fourth-order valence-corrected chi connectivity index (χ4v) is 3.50. The lowest BCUT2D eigenvalue weighted by Gasteiger charge is -2.27. The van der Waals surface area contributed by atoms with Crippen LogP contribution in [0.1, 0.15) is 34.3 Å². The number of amides is 2. The van der Waals surface area contributed by atoms with Crippen molar-refractivity contribution >= 4 is 29.2 Å². The molecule has 0 spiro atoms. The molecule has 0 radical (unpaired) electrons. The first-order valence-electron chi connectivity index (χ1n) is 9.52. The van der Waals surface area contributed by atoms with Gasteiger partial charge in [-0.15, -0.1) is 0 Å². The fraction of sp³-hybridized carbons (Fsp3) is 0.261. The number of carboxylic acid groups (broad SMARTS) is 1. The Balaban J connectivity index is 1.71. The number of aromatic carboxylic acids is 1. The number of carbonyl (C=O) groups excluding carboxylic acids is 2. The summed E-state index contributed by atoms with van der Waals surface area (Å²) < 4.78 is 0. The van der Waals surface area contributed by atoms with E-state index in [-0.39, 0.29) is 17.4 Å². The highest BCUT2D eigenvalue weighted by Crippen LogP contribution is 2.29. The molecular weight excluding hydrogens is 368 g/mol. The molecule has 0 saturated carbocycles. The number of rotatable bonds is 5. The molecule has 6 nitrogen and oxygen atoms in total. The maximum atomic E-state index is 12.9. The first-order chi connectivity index (χ1) is 13.8. The molecule has 150 valence electrons. The summed E-state index contributed by atoms with van der Waals surface area (Å²) in [6.07, 6.45) is 4.81. The third-order valence-electron chi connectivity index (χ3n) is 5.15. The second-order valence-electron chi connectivity index (χ2n) is 7.34. The van der Waals surface area contributed by atoms with Crippen molar-refractivity contribution in [3.8, 4) is 0 Å². The Morgan fingerprint density at radius 1 is 0.862 bits per heavy atom. The molecule has 2 aromatic carbocycles. The SMILES string of the molecule is Cc1ccc(NC(=O)C2CC=CCC2C(=O)Nc2ccc(C(=O)O)cc2)c(C)c1. The smallest absolute Gasteiger partial charge is 0.335 e. The molecule has 2 aromatic rings. The van der Waals surface area contributed by atoms with E-state index in [9.17, 15) is 14.4 Å². The zero-order valence-electron chi connectivity index (χ0n) is 16.4. The van der Waals surface area contributed by atoms with Crippen molar-refractivity contribution in [3.05, 3.63) is 71.3 Å². The molecule has 2 atom stereocenters. The summed E-state index contributed by atoms with van der Waals surface area (Å²) in [7, 11) is 0. The monoisotopic (exact) mass is 392 g/mol. The Labute approximate surface area is 169 Å². The van der Waals surface area contributed by atoms with Gasteiger partial charge in [0.15, 0.2) is 0 Å². The highest BCUT2D eigenvalue weighted by atomic mass is 16.4. The van der Waals surface area contributed by atoms with Crippen molar-refractivity contribution < 1.29 is 19.5 Å². The Kier molecular flexibility index (Phi) is 6.12. The third kappa shape index (κ3) is 4.90. The second-order valence-corrected chi connectivity index (χ2v) is 7.34. The maximum absolute atomic E-state index is 12.9. The molecule has 29 heavy (non-hydrogen) atoms. The molecule has 0 heterocycles. The van der Waals surface area contributed by atoms with Gasteiger partial charge in [-0.25, -0.2) is 4.79 Å². The van der Waals surface area contributed by atoms with Gasteiger partial charge in [-0.1, -0.05) is 29.8 Å². The summed E-state index contributed by atoms with van der Waals surface area (Å²) in [6.45, 7) is 3.93. The molecule has 0 aromatic heterocycles. The summed E-state index contributed by atoms with van der Waals surface area (Å²) >= 11 is 0. The van der Waals surface area contributed by atoms with E-state index >= 15 is 0 Å². The summed E-state index contributed by atoms with van der Waals surface area (Å²) in [5, 5.41) is 14.7. The van der Waals surface area contributed by atoms with Gasteiger partial charge in [0, 0.05) is 11.4 Å². The van der Waals surface area contributed by atoms with Crippen LogP contribution in [0.3, 0.4) is 0 Å². The van der Waals surface area contributed by atoms with Crippen LogP contribution < -0.4 is 10.6 Å². The van der Waals surface area contributed by atoms with Crippen LogP contribution in [0.5, 0.6) is 0 Å². The standard InChI is InChI=1S/C23H24N2O4/c1-14-7-12-20(15(2)13-14)25-22(27)19-6-4-3-5-18(19)21(26)24-17-10-8-16(9-11-17)23(28)29/h3-4,7-13,18-19H,5-6H2,1-2H3,(H,24,26)(H,25,27)(H,28,29). The Morgan fingerprint density at radius 2 is 1.45 bits per heavy atom. The third-order valence-corrected chi connectivity index (χ3v) is 5.15. The zero-order valence-corrected chi connectivity index (χ0v) is 16.4. The topological polar surface area (TPSA) is 95.5 Å². The number of nitrogens with one attached hydrogen (secondary N) is 2. The lowest BCUT2D eigenvalue weighted by molar-refractivity contribution is -0.129. The minimum absolute atomic E-state index is 0.148. The first kappa shape index (κ1) is 20.3. The van der Waals surface area contributed by atoms with Crippen molar-refractivity contribution in [1.29, 1.82) is 0 Å². The summed E-state index contributed by atoms with van der Waals surface area (Å²) in [4.78, 5) is 36.7. The molecule has 0 fully saturated rings. The van der Waals surface area contributed by atoms with Crippen molar-refractivity contribution in [2.24, 2.45) is 11.8 Å². The summed E-state index contributed by atoms with van der Waals surface area (Å²) in [5.74, 6) is -2.42. The van der Waals surface area contributed by atoms with Gasteiger partial charge in [0.25, 0.3) is 0 Å². The van der Waals surface area contributed by atoms with Crippen LogP contribution in [0.25, 0.3) is 0 Å². The number of hydrogen-bond donors (Lipinski definition) is 3. The molecule has 2 unspecified atom stereocenters. The number of benzene rings is 2. The number of carboxylic acids is 1. The number of allylic oxidation sites excluding steroid dienone is 2. The fourth-order valence-electron chi connectivity index (χ4n) is 3.50. The van der Waals surface area contributed by atoms with Gasteiger partial charge in [0.2, 0.25) is 11.8 Å². The van der Waals surface area contributed by atoms with Gasteiger partial charge in [-0.2, -0.15) is 0 Å². The molecule has 3 rings (SSSR count). The quantitative estimate of drug-likeness (QED) is 0.666. The van der Waals surface area contributed by atoms with Gasteiger partial charge in [-0.3, -0.25) is 9.59 Å². The number of aryl methyl sites for hydroxylation is 2. The zero-order chi connectivity index (χ0) is 21.0. The molecule has 1 aliphatic carbocycles. The van der Waals surface area contributed by atoms with E-state index in [0.29, 0.717) is 18.5 Å². The molecule has 1 aliphatic rings. The van der Waals surface area contributed by atoms with E-state index in [1.165, 1.54) is 12.1 Å². The minimum atomic E-state index is -1.02. The number of hydrogen-bond acceptors (Lipinski definition) is 3. The Hall–Kier alpha value is -3.41. The minimum Gasteiger partial charge on any atom is -0.478 e. The average Bonchev–Trinajstić information content (AvgIpc) is 2.70. The predicted octanol–water partition coefficient (Wildman–Crippen LogP) is 4.16. The molecule has 3 N–H and O–H groups in total. The lowest BCUT2D eigenvalue weighted by atomic mass is 9.81. The van der Waals surface area contributed by atoms with Crippen molar-refractivity contribution in [1.82, 2.24) is 0 Å². The molecule has 0 aliphatic heterocycles. The second kappa shape index (κ2) is 8.73. The Morgan fingerprint density at radius 3 is 2.00 bits per heavy atom. The Bertz CT molecular complexity index is 963. The van der Waals surface area contributed by atoms with Crippen molar-refractivity contribution in [2.75, 3.05) is 10.6 Å². The molecule has 6 heteroatoms. The van der Waals surface area contributed by atoms with Gasteiger partial charge in [0.1, 0.15) is 0 Å². The van der Waals surface area contributed by atoms with E-state index in [1.54, 1.807) is 12.1 Å². The first-order valence-corrected chi connectivity index (χ1v) is 9.52. The van der Waals surface area contributed by atoms with Crippen LogP contribution in [0.2, 0.25) is 0 Å². The van der Waals surface area contributed by atoms with Gasteiger partial charge in [0.05, 0.1) is 17.4 Å². The molecule has 2 amide bonds. The van der Waals surface area contributed by atoms with Crippen LogP contribution in [-0.4, -0.2) is 22.9 Å². The maximum Gasteiger partial charge on any atom is 0.335 e. The largest absolute Gasteiger partial charge is 0.478 e. The van der Waals surface area contributed by atoms with Crippen LogP contribution >= 0.6 is 0 Å².